The molecule has 4 nitrogen and oxygen atoms in total. The van der Waals surface area contributed by atoms with Crippen LogP contribution in [-0.2, 0) is 11.3 Å². The summed E-state index contributed by atoms with van der Waals surface area (Å²) in [5, 5.41) is 2.51. The molecule has 1 aliphatic rings. The Labute approximate surface area is 141 Å². The molecule has 0 aliphatic carbocycles. The van der Waals surface area contributed by atoms with Crippen LogP contribution >= 0.6 is 11.6 Å². The molecule has 0 unspecified atom stereocenters. The van der Waals surface area contributed by atoms with Crippen LogP contribution in [0.1, 0.15) is 11.1 Å². The summed E-state index contributed by atoms with van der Waals surface area (Å²) in [5.41, 5.74) is 0.533. The van der Waals surface area contributed by atoms with Crippen molar-refractivity contribution >= 4 is 29.6 Å². The van der Waals surface area contributed by atoms with E-state index in [2.05, 4.69) is 5.32 Å². The van der Waals surface area contributed by atoms with Crippen molar-refractivity contribution in [2.24, 2.45) is 0 Å². The lowest BCUT2D eigenvalue weighted by atomic mass is 10.1. The molecule has 0 saturated carbocycles. The standard InChI is InChI=1S/C17H11ClF2N2O2/c18-13-2-1-3-14(20)12(13)8-15-16(23)22(17(24)21-15)9-10-4-6-11(19)7-5-10/h1-8H,9H2,(H,21,24)/b15-8-. The molecule has 1 N–H and O–H groups in total. The number of urea groups is 1. The average molecular weight is 349 g/mol. The van der Waals surface area contributed by atoms with Crippen molar-refractivity contribution < 1.29 is 18.4 Å². The zero-order chi connectivity index (χ0) is 17.3. The van der Waals surface area contributed by atoms with Gasteiger partial charge >= 0.3 is 6.03 Å². The molecular weight excluding hydrogens is 338 g/mol. The summed E-state index contributed by atoms with van der Waals surface area (Å²) in [5.74, 6) is -1.62. The summed E-state index contributed by atoms with van der Waals surface area (Å²) in [7, 11) is 0. The topological polar surface area (TPSA) is 49.4 Å². The normalized spacial score (nSPS) is 16.0. The number of amides is 3. The summed E-state index contributed by atoms with van der Waals surface area (Å²) < 4.78 is 26.7. The average Bonchev–Trinajstić information content (AvgIpc) is 2.80. The molecule has 1 saturated heterocycles. The van der Waals surface area contributed by atoms with Gasteiger partial charge in [-0.3, -0.25) is 9.69 Å². The van der Waals surface area contributed by atoms with Crippen LogP contribution in [0.3, 0.4) is 0 Å². The number of imide groups is 1. The van der Waals surface area contributed by atoms with Gasteiger partial charge in [-0.25, -0.2) is 13.6 Å². The van der Waals surface area contributed by atoms with Crippen molar-refractivity contribution in [1.29, 1.82) is 0 Å². The molecule has 0 aromatic heterocycles. The maximum absolute atomic E-state index is 13.8. The van der Waals surface area contributed by atoms with E-state index in [1.807, 2.05) is 0 Å². The van der Waals surface area contributed by atoms with Gasteiger partial charge in [-0.1, -0.05) is 29.8 Å². The number of carbonyl (C=O) groups is 2. The van der Waals surface area contributed by atoms with Crippen LogP contribution in [0.4, 0.5) is 13.6 Å². The molecule has 3 rings (SSSR count). The number of carbonyl (C=O) groups excluding carboxylic acids is 2. The number of nitrogens with one attached hydrogen (secondary N) is 1. The van der Waals surface area contributed by atoms with Gasteiger partial charge in [0.25, 0.3) is 5.91 Å². The highest BCUT2D eigenvalue weighted by Crippen LogP contribution is 2.24. The first kappa shape index (κ1) is 16.1. The number of hydrogen-bond donors (Lipinski definition) is 1. The molecule has 1 aliphatic heterocycles. The molecule has 7 heteroatoms. The Morgan fingerprint density at radius 2 is 1.79 bits per heavy atom. The molecular formula is C17H11ClF2N2O2. The number of halogens is 3. The van der Waals surface area contributed by atoms with E-state index in [1.165, 1.54) is 48.5 Å². The summed E-state index contributed by atoms with van der Waals surface area (Å²) >= 11 is 5.92. The van der Waals surface area contributed by atoms with Crippen molar-refractivity contribution in [1.82, 2.24) is 10.2 Å². The molecule has 0 radical (unpaired) electrons. The first-order chi connectivity index (χ1) is 11.5. The molecule has 0 spiro atoms. The van der Waals surface area contributed by atoms with E-state index in [-0.39, 0.29) is 22.8 Å². The molecule has 24 heavy (non-hydrogen) atoms. The molecule has 0 bridgehead atoms. The highest BCUT2D eigenvalue weighted by Gasteiger charge is 2.33. The lowest BCUT2D eigenvalue weighted by molar-refractivity contribution is -0.123. The van der Waals surface area contributed by atoms with Crippen molar-refractivity contribution in [2.45, 2.75) is 6.54 Å². The lowest BCUT2D eigenvalue weighted by Crippen LogP contribution is -2.30. The predicted molar refractivity (Wildman–Crippen MR) is 84.9 cm³/mol. The van der Waals surface area contributed by atoms with Gasteiger partial charge in [0.1, 0.15) is 17.3 Å². The van der Waals surface area contributed by atoms with Crippen LogP contribution < -0.4 is 5.32 Å². The van der Waals surface area contributed by atoms with Gasteiger partial charge in [-0.15, -0.1) is 0 Å². The smallest absolute Gasteiger partial charge is 0.303 e. The summed E-state index contributed by atoms with van der Waals surface area (Å²) in [6.07, 6.45) is 1.20. The van der Waals surface area contributed by atoms with Crippen LogP contribution in [0, 0.1) is 11.6 Å². The van der Waals surface area contributed by atoms with Crippen LogP contribution in [0.25, 0.3) is 6.08 Å². The Balaban J connectivity index is 1.86. The predicted octanol–water partition coefficient (Wildman–Crippen LogP) is 3.71. The summed E-state index contributed by atoms with van der Waals surface area (Å²) in [6.45, 7) is -0.0205. The highest BCUT2D eigenvalue weighted by atomic mass is 35.5. The van der Waals surface area contributed by atoms with E-state index >= 15 is 0 Å². The Kier molecular flexibility index (Phi) is 4.31. The summed E-state index contributed by atoms with van der Waals surface area (Å²) in [6, 6.07) is 8.92. The molecule has 0 atom stereocenters. The van der Waals surface area contributed by atoms with E-state index in [1.54, 1.807) is 0 Å². The van der Waals surface area contributed by atoms with E-state index in [0.717, 1.165) is 4.90 Å². The molecule has 1 heterocycles. The van der Waals surface area contributed by atoms with E-state index in [9.17, 15) is 18.4 Å². The quantitative estimate of drug-likeness (QED) is 0.679. The number of nitrogens with zero attached hydrogens (tertiary/aromatic N) is 1. The van der Waals surface area contributed by atoms with Gasteiger partial charge in [0.05, 0.1) is 11.6 Å². The molecule has 122 valence electrons. The fraction of sp³-hybridized carbons (Fsp3) is 0.0588. The van der Waals surface area contributed by atoms with Gasteiger partial charge in [-0.05, 0) is 35.9 Å². The third-order valence-corrected chi connectivity index (χ3v) is 3.83. The third-order valence-electron chi connectivity index (χ3n) is 3.50. The van der Waals surface area contributed by atoms with Crippen LogP contribution in [-0.4, -0.2) is 16.8 Å². The second-order valence-corrected chi connectivity index (χ2v) is 5.55. The van der Waals surface area contributed by atoms with Gasteiger partial charge in [0.2, 0.25) is 0 Å². The Morgan fingerprint density at radius 1 is 1.08 bits per heavy atom. The van der Waals surface area contributed by atoms with Crippen molar-refractivity contribution in [3.05, 3.63) is 75.9 Å². The largest absolute Gasteiger partial charge is 0.329 e. The zero-order valence-electron chi connectivity index (χ0n) is 12.2. The third kappa shape index (κ3) is 3.14. The Morgan fingerprint density at radius 3 is 2.46 bits per heavy atom. The van der Waals surface area contributed by atoms with Gasteiger partial charge < -0.3 is 5.32 Å². The van der Waals surface area contributed by atoms with Crippen LogP contribution in [0.15, 0.2) is 48.2 Å². The fourth-order valence-corrected chi connectivity index (χ4v) is 2.50. The minimum atomic E-state index is -0.636. The molecule has 3 amide bonds. The second-order valence-electron chi connectivity index (χ2n) is 5.14. The first-order valence-electron chi connectivity index (χ1n) is 6.98. The minimum absolute atomic E-state index is 0.0199. The van der Waals surface area contributed by atoms with Gasteiger partial charge in [0, 0.05) is 5.56 Å². The highest BCUT2D eigenvalue weighted by molar-refractivity contribution is 6.32. The fourth-order valence-electron chi connectivity index (χ4n) is 2.28. The zero-order valence-corrected chi connectivity index (χ0v) is 13.0. The van der Waals surface area contributed by atoms with Crippen molar-refractivity contribution in [3.8, 4) is 0 Å². The van der Waals surface area contributed by atoms with Crippen molar-refractivity contribution in [3.63, 3.8) is 0 Å². The number of rotatable bonds is 3. The number of hydrogen-bond acceptors (Lipinski definition) is 2. The molecule has 2 aromatic rings. The van der Waals surface area contributed by atoms with E-state index in [0.29, 0.717) is 5.56 Å². The maximum Gasteiger partial charge on any atom is 0.329 e. The Hall–Kier alpha value is -2.73. The number of benzene rings is 2. The lowest BCUT2D eigenvalue weighted by Gasteiger charge is -2.11. The monoisotopic (exact) mass is 348 g/mol. The van der Waals surface area contributed by atoms with E-state index < -0.39 is 23.6 Å². The van der Waals surface area contributed by atoms with E-state index in [4.69, 9.17) is 11.6 Å². The summed E-state index contributed by atoms with van der Waals surface area (Å²) in [4.78, 5) is 25.3. The maximum atomic E-state index is 13.8. The van der Waals surface area contributed by atoms with Crippen LogP contribution in [0.5, 0.6) is 0 Å². The van der Waals surface area contributed by atoms with Crippen molar-refractivity contribution in [2.75, 3.05) is 0 Å². The van der Waals surface area contributed by atoms with Crippen LogP contribution in [0.2, 0.25) is 5.02 Å². The van der Waals surface area contributed by atoms with Gasteiger partial charge in [0.15, 0.2) is 0 Å². The SMILES string of the molecule is O=C1N/C(=C\c2c(F)cccc2Cl)C(=O)N1Cc1ccc(F)cc1. The van der Waals surface area contributed by atoms with Gasteiger partial charge in [-0.2, -0.15) is 0 Å². The minimum Gasteiger partial charge on any atom is -0.303 e. The second kappa shape index (κ2) is 6.41. The Bertz CT molecular complexity index is 830. The molecule has 1 fully saturated rings. The first-order valence-corrected chi connectivity index (χ1v) is 7.36. The molecule has 2 aromatic carbocycles.